The van der Waals surface area contributed by atoms with E-state index in [2.05, 4.69) is 4.74 Å². The standard InChI is InChI=1S/C7H13O3/c1-3-5-7(9-4-2)10-6-8/h7H,3-5H2,1-2H3. The number of rotatable bonds is 6. The van der Waals surface area contributed by atoms with Crippen LogP contribution in [0.4, 0.5) is 0 Å². The third-order valence-corrected chi connectivity index (χ3v) is 1.06. The third kappa shape index (κ3) is 4.32. The predicted octanol–water partition coefficient (Wildman–Crippen LogP) is 1.23. The normalized spacial score (nSPS) is 12.6. The summed E-state index contributed by atoms with van der Waals surface area (Å²) in [4.78, 5) is 9.74. The minimum atomic E-state index is -0.396. The largest absolute Gasteiger partial charge is 0.427 e. The Kier molecular flexibility index (Phi) is 6.18. The highest BCUT2D eigenvalue weighted by atomic mass is 16.7. The second-order valence-corrected chi connectivity index (χ2v) is 1.87. The minimum absolute atomic E-state index is 0.396. The van der Waals surface area contributed by atoms with Gasteiger partial charge in [-0.05, 0) is 6.92 Å². The van der Waals surface area contributed by atoms with Crippen LogP contribution in [-0.2, 0) is 14.3 Å². The molecule has 0 N–H and O–H groups in total. The van der Waals surface area contributed by atoms with Crippen LogP contribution in [0.15, 0.2) is 0 Å². The van der Waals surface area contributed by atoms with Gasteiger partial charge in [-0.15, -0.1) is 0 Å². The van der Waals surface area contributed by atoms with E-state index in [-0.39, 0.29) is 0 Å². The van der Waals surface area contributed by atoms with Crippen LogP contribution in [0.1, 0.15) is 26.7 Å². The summed E-state index contributed by atoms with van der Waals surface area (Å²) in [5.41, 5.74) is 0. The zero-order chi connectivity index (χ0) is 7.82. The number of ether oxygens (including phenoxy) is 2. The number of carbonyl (C=O) groups excluding carboxylic acids is 1. The fraction of sp³-hybridized carbons (Fsp3) is 0.857. The van der Waals surface area contributed by atoms with Gasteiger partial charge in [0, 0.05) is 13.0 Å². The van der Waals surface area contributed by atoms with Crippen molar-refractivity contribution < 1.29 is 14.3 Å². The van der Waals surface area contributed by atoms with Gasteiger partial charge in [0.15, 0.2) is 0 Å². The van der Waals surface area contributed by atoms with Gasteiger partial charge in [0.25, 0.3) is 0 Å². The Morgan fingerprint density at radius 2 is 2.20 bits per heavy atom. The van der Waals surface area contributed by atoms with Gasteiger partial charge in [0.1, 0.15) is 0 Å². The molecule has 0 aliphatic heterocycles. The molecule has 3 heteroatoms. The van der Waals surface area contributed by atoms with E-state index in [9.17, 15) is 4.79 Å². The van der Waals surface area contributed by atoms with Crippen LogP contribution in [0.2, 0.25) is 0 Å². The van der Waals surface area contributed by atoms with E-state index in [4.69, 9.17) is 4.74 Å². The first kappa shape index (κ1) is 9.43. The van der Waals surface area contributed by atoms with E-state index in [1.54, 1.807) is 0 Å². The molecule has 0 amide bonds. The third-order valence-electron chi connectivity index (χ3n) is 1.06. The zero-order valence-electron chi connectivity index (χ0n) is 6.42. The Bertz CT molecular complexity index is 76.9. The minimum Gasteiger partial charge on any atom is -0.427 e. The van der Waals surface area contributed by atoms with Gasteiger partial charge in [-0.2, -0.15) is 0 Å². The topological polar surface area (TPSA) is 35.5 Å². The quantitative estimate of drug-likeness (QED) is 0.527. The molecule has 10 heavy (non-hydrogen) atoms. The highest BCUT2D eigenvalue weighted by molar-refractivity contribution is 5.38. The number of hydrogen-bond donors (Lipinski definition) is 0. The molecule has 1 unspecified atom stereocenters. The molecule has 0 saturated heterocycles. The van der Waals surface area contributed by atoms with Crippen LogP contribution < -0.4 is 0 Å². The number of hydrogen-bond acceptors (Lipinski definition) is 3. The Hall–Kier alpha value is -0.570. The second kappa shape index (κ2) is 6.55. The van der Waals surface area contributed by atoms with E-state index >= 15 is 0 Å². The van der Waals surface area contributed by atoms with Crippen LogP contribution in [0, 0.1) is 0 Å². The zero-order valence-corrected chi connectivity index (χ0v) is 6.42. The maximum absolute atomic E-state index is 9.74. The summed E-state index contributed by atoms with van der Waals surface area (Å²) < 4.78 is 9.53. The summed E-state index contributed by atoms with van der Waals surface area (Å²) in [7, 11) is 0. The lowest BCUT2D eigenvalue weighted by Crippen LogP contribution is -2.15. The highest BCUT2D eigenvalue weighted by Crippen LogP contribution is 2.01. The monoisotopic (exact) mass is 145 g/mol. The molecule has 1 atom stereocenters. The molecule has 0 saturated carbocycles. The molecular weight excluding hydrogens is 132 g/mol. The van der Waals surface area contributed by atoms with Crippen LogP contribution >= 0.6 is 0 Å². The van der Waals surface area contributed by atoms with Gasteiger partial charge in [0.2, 0.25) is 6.29 Å². The molecule has 0 rings (SSSR count). The van der Waals surface area contributed by atoms with Gasteiger partial charge < -0.3 is 9.47 Å². The molecule has 0 fully saturated rings. The van der Waals surface area contributed by atoms with Crippen molar-refractivity contribution in [2.45, 2.75) is 33.0 Å². The molecule has 0 bridgehead atoms. The van der Waals surface area contributed by atoms with Crippen molar-refractivity contribution in [1.82, 2.24) is 0 Å². The van der Waals surface area contributed by atoms with Crippen molar-refractivity contribution in [3.63, 3.8) is 0 Å². The molecule has 0 aromatic rings. The Labute approximate surface area is 61.3 Å². The molecule has 0 aromatic heterocycles. The van der Waals surface area contributed by atoms with E-state index in [0.717, 1.165) is 12.8 Å². The average molecular weight is 145 g/mol. The Balaban J connectivity index is 3.38. The van der Waals surface area contributed by atoms with Crippen LogP contribution in [0.3, 0.4) is 0 Å². The first-order chi connectivity index (χ1) is 4.85. The molecule has 0 aliphatic rings. The SMILES string of the molecule is CCCC(O[C]=O)OCC. The van der Waals surface area contributed by atoms with Gasteiger partial charge >= 0.3 is 6.47 Å². The van der Waals surface area contributed by atoms with Crippen LogP contribution in [0.5, 0.6) is 0 Å². The molecule has 0 spiro atoms. The fourth-order valence-corrected chi connectivity index (χ4v) is 0.652. The lowest BCUT2D eigenvalue weighted by Gasteiger charge is -2.12. The summed E-state index contributed by atoms with van der Waals surface area (Å²) in [6, 6.07) is 0. The van der Waals surface area contributed by atoms with Gasteiger partial charge in [0.05, 0.1) is 0 Å². The predicted molar refractivity (Wildman–Crippen MR) is 37.1 cm³/mol. The maximum Gasteiger partial charge on any atom is 0.419 e. The molecule has 0 aliphatic carbocycles. The first-order valence-electron chi connectivity index (χ1n) is 3.49. The highest BCUT2D eigenvalue weighted by Gasteiger charge is 2.05. The van der Waals surface area contributed by atoms with Gasteiger partial charge in [-0.3, -0.25) is 0 Å². The molecule has 0 heterocycles. The van der Waals surface area contributed by atoms with Crippen LogP contribution in [-0.4, -0.2) is 19.4 Å². The Morgan fingerprint density at radius 3 is 2.60 bits per heavy atom. The molecule has 1 radical (unpaired) electrons. The van der Waals surface area contributed by atoms with Crippen LogP contribution in [0.25, 0.3) is 0 Å². The molecule has 3 nitrogen and oxygen atoms in total. The van der Waals surface area contributed by atoms with Crippen molar-refractivity contribution in [3.8, 4) is 0 Å². The van der Waals surface area contributed by atoms with Crippen molar-refractivity contribution >= 4 is 6.47 Å². The molecular formula is C7H13O3. The second-order valence-electron chi connectivity index (χ2n) is 1.87. The van der Waals surface area contributed by atoms with Crippen molar-refractivity contribution in [3.05, 3.63) is 0 Å². The van der Waals surface area contributed by atoms with Crippen molar-refractivity contribution in [2.75, 3.05) is 6.61 Å². The lowest BCUT2D eigenvalue weighted by atomic mass is 10.3. The lowest BCUT2D eigenvalue weighted by molar-refractivity contribution is -0.0889. The average Bonchev–Trinajstić information content (AvgIpc) is 1.90. The summed E-state index contributed by atoms with van der Waals surface area (Å²) in [6.07, 6.45) is 1.28. The fourth-order valence-electron chi connectivity index (χ4n) is 0.652. The van der Waals surface area contributed by atoms with Gasteiger partial charge in [-0.25, -0.2) is 4.79 Å². The van der Waals surface area contributed by atoms with Crippen molar-refractivity contribution in [2.24, 2.45) is 0 Å². The van der Waals surface area contributed by atoms with E-state index < -0.39 is 6.29 Å². The molecule has 0 aromatic carbocycles. The summed E-state index contributed by atoms with van der Waals surface area (Å²) in [6.45, 7) is 5.78. The summed E-state index contributed by atoms with van der Waals surface area (Å²) in [5, 5.41) is 0. The molecule has 59 valence electrons. The van der Waals surface area contributed by atoms with E-state index in [0.29, 0.717) is 6.61 Å². The maximum atomic E-state index is 9.74. The first-order valence-corrected chi connectivity index (χ1v) is 3.49. The van der Waals surface area contributed by atoms with Gasteiger partial charge in [-0.1, -0.05) is 13.3 Å². The van der Waals surface area contributed by atoms with E-state index in [1.807, 2.05) is 13.8 Å². The van der Waals surface area contributed by atoms with Crippen molar-refractivity contribution in [1.29, 1.82) is 0 Å². The summed E-state index contributed by atoms with van der Waals surface area (Å²) in [5.74, 6) is 0. The smallest absolute Gasteiger partial charge is 0.419 e. The Morgan fingerprint density at radius 1 is 1.50 bits per heavy atom. The van der Waals surface area contributed by atoms with E-state index in [1.165, 1.54) is 6.47 Å². The summed E-state index contributed by atoms with van der Waals surface area (Å²) >= 11 is 0.